The number of aromatic nitrogens is 1. The molecule has 5 heteroatoms. The van der Waals surface area contributed by atoms with Crippen LogP contribution in [0, 0.1) is 42.8 Å². The number of esters is 1. The van der Waals surface area contributed by atoms with Gasteiger partial charge in [-0.25, -0.2) is 4.39 Å². The Bertz CT molecular complexity index is 1000. The van der Waals surface area contributed by atoms with Gasteiger partial charge in [-0.15, -0.1) is 0 Å². The van der Waals surface area contributed by atoms with Gasteiger partial charge in [0.1, 0.15) is 5.82 Å². The number of Topliss-reactive ketones (excluding diaryl/α,β-unsaturated/α-hetero) is 1. The molecule has 6 rings (SSSR count). The molecule has 2 aromatic rings. The van der Waals surface area contributed by atoms with E-state index in [4.69, 9.17) is 4.74 Å². The summed E-state index contributed by atoms with van der Waals surface area (Å²) in [6, 6.07) is 8.41. The van der Waals surface area contributed by atoms with Crippen molar-refractivity contribution in [3.8, 4) is 0 Å². The molecule has 1 heterocycles. The minimum absolute atomic E-state index is 0.135. The molecule has 4 nitrogen and oxygen atoms in total. The summed E-state index contributed by atoms with van der Waals surface area (Å²) in [6.45, 7) is 4.45. The molecule has 4 fully saturated rings. The van der Waals surface area contributed by atoms with E-state index in [-0.39, 0.29) is 29.6 Å². The Morgan fingerprint density at radius 2 is 1.62 bits per heavy atom. The summed E-state index contributed by atoms with van der Waals surface area (Å²) >= 11 is 0. The average molecular weight is 438 g/mol. The normalized spacial score (nSPS) is 28.2. The molecule has 4 aliphatic carbocycles. The highest BCUT2D eigenvalue weighted by atomic mass is 19.1. The second-order valence-corrected chi connectivity index (χ2v) is 10.5. The number of nitrogens with zero attached hydrogens (tertiary/aromatic N) is 1. The molecule has 4 saturated carbocycles. The van der Waals surface area contributed by atoms with Crippen molar-refractivity contribution in [1.82, 2.24) is 4.57 Å². The van der Waals surface area contributed by atoms with Gasteiger partial charge in [-0.1, -0.05) is 12.1 Å². The topological polar surface area (TPSA) is 48.3 Å². The second-order valence-electron chi connectivity index (χ2n) is 10.5. The highest BCUT2D eigenvalue weighted by molar-refractivity contribution is 5.99. The molecule has 0 radical (unpaired) electrons. The van der Waals surface area contributed by atoms with Gasteiger partial charge in [0, 0.05) is 23.5 Å². The summed E-state index contributed by atoms with van der Waals surface area (Å²) in [6.07, 6.45) is 7.42. The van der Waals surface area contributed by atoms with E-state index in [1.165, 1.54) is 31.4 Å². The predicted octanol–water partition coefficient (Wildman–Crippen LogP) is 5.43. The van der Waals surface area contributed by atoms with Crippen molar-refractivity contribution in [2.24, 2.45) is 23.2 Å². The molecular weight excluding hydrogens is 405 g/mol. The van der Waals surface area contributed by atoms with E-state index in [1.807, 2.05) is 19.9 Å². The lowest BCUT2D eigenvalue weighted by atomic mass is 9.49. The second kappa shape index (κ2) is 8.17. The first-order chi connectivity index (χ1) is 15.3. The molecule has 0 aliphatic heterocycles. The Balaban J connectivity index is 1.22. The summed E-state index contributed by atoms with van der Waals surface area (Å²) in [5.41, 5.74) is 3.23. The van der Waals surface area contributed by atoms with E-state index in [2.05, 4.69) is 4.57 Å². The zero-order valence-corrected chi connectivity index (χ0v) is 19.0. The summed E-state index contributed by atoms with van der Waals surface area (Å²) in [5, 5.41) is 0. The maximum Gasteiger partial charge on any atom is 0.312 e. The summed E-state index contributed by atoms with van der Waals surface area (Å²) in [4.78, 5) is 26.0. The van der Waals surface area contributed by atoms with Crippen LogP contribution in [-0.4, -0.2) is 22.9 Å². The van der Waals surface area contributed by atoms with Gasteiger partial charge in [0.2, 0.25) is 5.78 Å². The predicted molar refractivity (Wildman–Crippen MR) is 120 cm³/mol. The zero-order valence-electron chi connectivity index (χ0n) is 19.0. The summed E-state index contributed by atoms with van der Waals surface area (Å²) in [7, 11) is 0. The molecule has 170 valence electrons. The van der Waals surface area contributed by atoms with E-state index in [9.17, 15) is 14.0 Å². The van der Waals surface area contributed by atoms with Gasteiger partial charge in [0.15, 0.2) is 6.61 Å². The van der Waals surface area contributed by atoms with Crippen molar-refractivity contribution >= 4 is 11.8 Å². The molecule has 0 saturated heterocycles. The van der Waals surface area contributed by atoms with Crippen molar-refractivity contribution in [1.29, 1.82) is 0 Å². The third-order valence-electron chi connectivity index (χ3n) is 8.22. The van der Waals surface area contributed by atoms with Crippen LogP contribution >= 0.6 is 0 Å². The highest BCUT2D eigenvalue weighted by Crippen LogP contribution is 2.60. The zero-order chi connectivity index (χ0) is 22.5. The van der Waals surface area contributed by atoms with E-state index >= 15 is 0 Å². The number of carbonyl (C=O) groups excluding carboxylic acids is 2. The molecule has 0 atom stereocenters. The van der Waals surface area contributed by atoms with Gasteiger partial charge in [-0.05, 0) is 100 Å². The number of hydrogen-bond donors (Lipinski definition) is 0. The van der Waals surface area contributed by atoms with Crippen LogP contribution in [0.25, 0.3) is 0 Å². The number of aryl methyl sites for hydroxylation is 2. The maximum atomic E-state index is 13.1. The minimum Gasteiger partial charge on any atom is -0.457 e. The van der Waals surface area contributed by atoms with Crippen LogP contribution in [0.2, 0.25) is 0 Å². The number of rotatable bonds is 7. The number of hydrogen-bond acceptors (Lipinski definition) is 3. The largest absolute Gasteiger partial charge is 0.457 e. The Morgan fingerprint density at radius 1 is 1.03 bits per heavy atom. The third-order valence-corrected chi connectivity index (χ3v) is 8.22. The van der Waals surface area contributed by atoms with Gasteiger partial charge >= 0.3 is 5.97 Å². The van der Waals surface area contributed by atoms with Crippen molar-refractivity contribution in [3.05, 3.63) is 58.7 Å². The Kier molecular flexibility index (Phi) is 5.47. The fraction of sp³-hybridized carbons (Fsp3) is 0.556. The van der Waals surface area contributed by atoms with Gasteiger partial charge in [0.05, 0.1) is 5.41 Å². The van der Waals surface area contributed by atoms with Crippen LogP contribution in [-0.2, 0) is 22.5 Å². The number of benzene rings is 1. The first kappa shape index (κ1) is 21.4. The molecule has 0 spiro atoms. The molecule has 4 bridgehead atoms. The third kappa shape index (κ3) is 3.91. The standard InChI is InChI=1S/C27H32FNO3/c1-17-9-24(18(2)29(17)8-7-19-3-5-23(28)6-4-19)25(30)16-32-26(31)27-13-20-10-21(14-27)12-22(11-20)15-27/h3-6,9,20-22H,7-8,10-16H2,1-2H3. The van der Waals surface area contributed by atoms with Crippen LogP contribution in [0.15, 0.2) is 30.3 Å². The molecular formula is C27H32FNO3. The lowest BCUT2D eigenvalue weighted by molar-refractivity contribution is -0.170. The Morgan fingerprint density at radius 3 is 2.22 bits per heavy atom. The van der Waals surface area contributed by atoms with E-state index in [0.29, 0.717) is 29.9 Å². The molecule has 32 heavy (non-hydrogen) atoms. The van der Waals surface area contributed by atoms with Gasteiger partial charge in [-0.3, -0.25) is 9.59 Å². The van der Waals surface area contributed by atoms with Crippen molar-refractivity contribution in [2.45, 2.75) is 65.3 Å². The number of ketones is 1. The Labute approximate surface area is 189 Å². The monoisotopic (exact) mass is 437 g/mol. The van der Waals surface area contributed by atoms with Crippen molar-refractivity contribution in [3.63, 3.8) is 0 Å². The fourth-order valence-corrected chi connectivity index (χ4v) is 7.04. The van der Waals surface area contributed by atoms with Crippen LogP contribution < -0.4 is 0 Å². The van der Waals surface area contributed by atoms with Crippen LogP contribution in [0.4, 0.5) is 4.39 Å². The van der Waals surface area contributed by atoms with Crippen molar-refractivity contribution < 1.29 is 18.7 Å². The van der Waals surface area contributed by atoms with Crippen LogP contribution in [0.3, 0.4) is 0 Å². The van der Waals surface area contributed by atoms with Crippen molar-refractivity contribution in [2.75, 3.05) is 6.61 Å². The number of ether oxygens (including phenoxy) is 1. The minimum atomic E-state index is -0.332. The molecule has 0 unspecified atom stereocenters. The SMILES string of the molecule is Cc1cc(C(=O)COC(=O)C23CC4CC(CC(C4)C2)C3)c(C)n1CCc1ccc(F)cc1. The summed E-state index contributed by atoms with van der Waals surface area (Å²) in [5.74, 6) is 1.50. The quantitative estimate of drug-likeness (QED) is 0.429. The lowest BCUT2D eigenvalue weighted by Crippen LogP contribution is -2.50. The smallest absolute Gasteiger partial charge is 0.312 e. The first-order valence-electron chi connectivity index (χ1n) is 11.9. The molecule has 4 aliphatic rings. The lowest BCUT2D eigenvalue weighted by Gasteiger charge is -2.55. The van der Waals surface area contributed by atoms with E-state index < -0.39 is 0 Å². The Hall–Kier alpha value is -2.43. The van der Waals surface area contributed by atoms with E-state index in [0.717, 1.165) is 42.6 Å². The van der Waals surface area contributed by atoms with Gasteiger partial charge < -0.3 is 9.30 Å². The summed E-state index contributed by atoms with van der Waals surface area (Å²) < 4.78 is 20.9. The molecule has 1 aromatic carbocycles. The molecule has 1 aromatic heterocycles. The van der Waals surface area contributed by atoms with Gasteiger partial charge in [0.25, 0.3) is 0 Å². The van der Waals surface area contributed by atoms with Crippen LogP contribution in [0.5, 0.6) is 0 Å². The van der Waals surface area contributed by atoms with Crippen LogP contribution in [0.1, 0.15) is 65.8 Å². The molecule has 0 N–H and O–H groups in total. The maximum absolute atomic E-state index is 13.1. The number of carbonyl (C=O) groups is 2. The molecule has 0 amide bonds. The highest BCUT2D eigenvalue weighted by Gasteiger charge is 2.55. The van der Waals surface area contributed by atoms with E-state index in [1.54, 1.807) is 12.1 Å². The fourth-order valence-electron chi connectivity index (χ4n) is 7.04. The average Bonchev–Trinajstić information content (AvgIpc) is 3.04. The first-order valence-corrected chi connectivity index (χ1v) is 11.9. The van der Waals surface area contributed by atoms with Gasteiger partial charge in [-0.2, -0.15) is 0 Å². The number of halogens is 1.